The molecule has 0 atom stereocenters. The van der Waals surface area contributed by atoms with Crippen molar-refractivity contribution in [2.75, 3.05) is 11.9 Å². The zero-order valence-electron chi connectivity index (χ0n) is 17.4. The molecule has 0 spiro atoms. The van der Waals surface area contributed by atoms with Gasteiger partial charge in [-0.05, 0) is 50.5 Å². The van der Waals surface area contributed by atoms with Crippen molar-refractivity contribution in [3.05, 3.63) is 64.4 Å². The largest absolute Gasteiger partial charge is 0.464 e. The SMILES string of the molecule is Cc1ccc(NC(=O)NC(=O)COC(=O)Cc2coc3c(C)c(C)ccc23)c(C)c1. The Morgan fingerprint density at radius 3 is 2.50 bits per heavy atom. The Kier molecular flexibility index (Phi) is 6.20. The fourth-order valence-corrected chi connectivity index (χ4v) is 3.15. The van der Waals surface area contributed by atoms with E-state index in [9.17, 15) is 14.4 Å². The van der Waals surface area contributed by atoms with E-state index in [0.29, 0.717) is 11.3 Å². The molecule has 3 rings (SSSR count). The molecule has 0 saturated carbocycles. The van der Waals surface area contributed by atoms with E-state index >= 15 is 0 Å². The topological polar surface area (TPSA) is 97.6 Å². The van der Waals surface area contributed by atoms with E-state index in [2.05, 4.69) is 10.6 Å². The molecule has 0 saturated heterocycles. The van der Waals surface area contributed by atoms with Gasteiger partial charge in [-0.25, -0.2) is 4.79 Å². The highest BCUT2D eigenvalue weighted by Gasteiger charge is 2.16. The van der Waals surface area contributed by atoms with Crippen LogP contribution in [-0.2, 0) is 20.7 Å². The Bertz CT molecular complexity index is 1130. The maximum atomic E-state index is 12.1. The van der Waals surface area contributed by atoms with Gasteiger partial charge in [0.25, 0.3) is 5.91 Å². The highest BCUT2D eigenvalue weighted by atomic mass is 16.5. The Labute approximate surface area is 174 Å². The fourth-order valence-electron chi connectivity index (χ4n) is 3.15. The van der Waals surface area contributed by atoms with Gasteiger partial charge in [0, 0.05) is 16.6 Å². The third kappa shape index (κ3) is 4.86. The first-order chi connectivity index (χ1) is 14.2. The minimum atomic E-state index is -0.714. The predicted molar refractivity (Wildman–Crippen MR) is 113 cm³/mol. The minimum Gasteiger partial charge on any atom is -0.464 e. The summed E-state index contributed by atoms with van der Waals surface area (Å²) in [5.41, 5.74) is 6.08. The zero-order valence-corrected chi connectivity index (χ0v) is 17.4. The summed E-state index contributed by atoms with van der Waals surface area (Å²) in [4.78, 5) is 36.0. The maximum Gasteiger partial charge on any atom is 0.325 e. The normalized spacial score (nSPS) is 10.7. The molecule has 156 valence electrons. The number of aryl methyl sites for hydroxylation is 4. The van der Waals surface area contributed by atoms with Gasteiger partial charge in [0.15, 0.2) is 6.61 Å². The molecule has 0 bridgehead atoms. The molecule has 0 aliphatic heterocycles. The van der Waals surface area contributed by atoms with Crippen LogP contribution in [0.1, 0.15) is 27.8 Å². The Hall–Kier alpha value is -3.61. The van der Waals surface area contributed by atoms with E-state index in [1.54, 1.807) is 6.07 Å². The lowest BCUT2D eigenvalue weighted by Gasteiger charge is -2.10. The average Bonchev–Trinajstić information content (AvgIpc) is 3.08. The lowest BCUT2D eigenvalue weighted by molar-refractivity contribution is -0.147. The van der Waals surface area contributed by atoms with E-state index in [0.717, 1.165) is 33.2 Å². The molecule has 2 aromatic carbocycles. The second-order valence-corrected chi connectivity index (χ2v) is 7.30. The van der Waals surface area contributed by atoms with Gasteiger partial charge >= 0.3 is 12.0 Å². The van der Waals surface area contributed by atoms with E-state index in [1.165, 1.54) is 6.26 Å². The van der Waals surface area contributed by atoms with Gasteiger partial charge in [-0.15, -0.1) is 0 Å². The molecule has 30 heavy (non-hydrogen) atoms. The minimum absolute atomic E-state index is 0.0302. The lowest BCUT2D eigenvalue weighted by atomic mass is 10.0. The number of furan rings is 1. The number of ether oxygens (including phenoxy) is 1. The van der Waals surface area contributed by atoms with Crippen LogP contribution in [0.15, 0.2) is 41.0 Å². The van der Waals surface area contributed by atoms with Crippen molar-refractivity contribution in [1.82, 2.24) is 5.32 Å². The molecule has 3 amide bonds. The van der Waals surface area contributed by atoms with Crippen molar-refractivity contribution in [3.63, 3.8) is 0 Å². The van der Waals surface area contributed by atoms with Crippen LogP contribution in [-0.4, -0.2) is 24.5 Å². The monoisotopic (exact) mass is 408 g/mol. The number of amides is 3. The van der Waals surface area contributed by atoms with Crippen molar-refractivity contribution in [3.8, 4) is 0 Å². The number of rotatable bonds is 5. The first-order valence-electron chi connectivity index (χ1n) is 9.54. The molecular formula is C23H24N2O5. The third-order valence-electron chi connectivity index (χ3n) is 4.92. The number of nitrogens with one attached hydrogen (secondary N) is 2. The smallest absolute Gasteiger partial charge is 0.325 e. The van der Waals surface area contributed by atoms with Crippen LogP contribution in [0.4, 0.5) is 10.5 Å². The molecular weight excluding hydrogens is 384 g/mol. The quantitative estimate of drug-likeness (QED) is 0.620. The van der Waals surface area contributed by atoms with Crippen LogP contribution in [0.25, 0.3) is 11.0 Å². The van der Waals surface area contributed by atoms with Crippen molar-refractivity contribution in [1.29, 1.82) is 0 Å². The van der Waals surface area contributed by atoms with E-state index in [4.69, 9.17) is 9.15 Å². The van der Waals surface area contributed by atoms with Gasteiger partial charge in [-0.1, -0.05) is 29.8 Å². The van der Waals surface area contributed by atoms with Gasteiger partial charge in [0.05, 0.1) is 12.7 Å². The number of esters is 1. The molecule has 1 heterocycles. The molecule has 3 aromatic rings. The highest BCUT2D eigenvalue weighted by Crippen LogP contribution is 2.26. The number of carbonyl (C=O) groups is 3. The fraction of sp³-hybridized carbons (Fsp3) is 0.261. The van der Waals surface area contributed by atoms with E-state index in [-0.39, 0.29) is 6.42 Å². The average molecular weight is 408 g/mol. The number of imide groups is 1. The second kappa shape index (κ2) is 8.82. The molecule has 7 nitrogen and oxygen atoms in total. The first-order valence-corrected chi connectivity index (χ1v) is 9.54. The highest BCUT2D eigenvalue weighted by molar-refractivity contribution is 6.02. The van der Waals surface area contributed by atoms with Gasteiger partial charge in [-0.2, -0.15) is 0 Å². The summed E-state index contributed by atoms with van der Waals surface area (Å²) in [6.45, 7) is 7.20. The van der Waals surface area contributed by atoms with Crippen molar-refractivity contribution in [2.45, 2.75) is 34.1 Å². The van der Waals surface area contributed by atoms with Crippen LogP contribution in [0, 0.1) is 27.7 Å². The summed E-state index contributed by atoms with van der Waals surface area (Å²) in [7, 11) is 0. The third-order valence-corrected chi connectivity index (χ3v) is 4.92. The first kappa shape index (κ1) is 21.1. The molecule has 7 heteroatoms. The molecule has 0 aliphatic rings. The number of benzene rings is 2. The van der Waals surface area contributed by atoms with Crippen LogP contribution in [0.2, 0.25) is 0 Å². The standard InChI is InChI=1S/C23H24N2O5/c1-13-5-8-19(15(3)9-13)24-23(28)25-20(26)12-29-21(27)10-17-11-30-22-16(4)14(2)6-7-18(17)22/h5-9,11H,10,12H2,1-4H3,(H2,24,25,26,28). The Balaban J connectivity index is 1.50. The summed E-state index contributed by atoms with van der Waals surface area (Å²) in [6, 6.07) is 8.70. The lowest BCUT2D eigenvalue weighted by Crippen LogP contribution is -2.37. The molecule has 0 fully saturated rings. The number of carbonyl (C=O) groups excluding carboxylic acids is 3. The van der Waals surface area contributed by atoms with Gasteiger partial charge in [-0.3, -0.25) is 14.9 Å². The molecule has 0 unspecified atom stereocenters. The van der Waals surface area contributed by atoms with Crippen molar-refractivity contribution in [2.24, 2.45) is 0 Å². The maximum absolute atomic E-state index is 12.1. The van der Waals surface area contributed by atoms with E-state index in [1.807, 2.05) is 52.0 Å². The summed E-state index contributed by atoms with van der Waals surface area (Å²) >= 11 is 0. The number of fused-ring (bicyclic) bond motifs is 1. The van der Waals surface area contributed by atoms with Crippen molar-refractivity contribution < 1.29 is 23.5 Å². The Morgan fingerprint density at radius 1 is 1.00 bits per heavy atom. The molecule has 0 radical (unpaired) electrons. The zero-order chi connectivity index (χ0) is 21.8. The molecule has 1 aromatic heterocycles. The van der Waals surface area contributed by atoms with Gasteiger partial charge in [0.2, 0.25) is 0 Å². The number of anilines is 1. The number of urea groups is 1. The summed E-state index contributed by atoms with van der Waals surface area (Å²) in [5.74, 6) is -1.30. The summed E-state index contributed by atoms with van der Waals surface area (Å²) < 4.78 is 10.6. The van der Waals surface area contributed by atoms with Crippen molar-refractivity contribution >= 4 is 34.6 Å². The summed E-state index contributed by atoms with van der Waals surface area (Å²) in [6.07, 6.45) is 1.49. The van der Waals surface area contributed by atoms with Crippen LogP contribution in [0.5, 0.6) is 0 Å². The van der Waals surface area contributed by atoms with Gasteiger partial charge in [0.1, 0.15) is 5.58 Å². The van der Waals surface area contributed by atoms with Crippen LogP contribution in [0.3, 0.4) is 0 Å². The van der Waals surface area contributed by atoms with Crippen LogP contribution < -0.4 is 10.6 Å². The Morgan fingerprint density at radius 2 is 1.77 bits per heavy atom. The molecule has 2 N–H and O–H groups in total. The predicted octanol–water partition coefficient (Wildman–Crippen LogP) is 4.10. The second-order valence-electron chi connectivity index (χ2n) is 7.30. The van der Waals surface area contributed by atoms with Crippen LogP contribution >= 0.6 is 0 Å². The summed E-state index contributed by atoms with van der Waals surface area (Å²) in [5, 5.41) is 5.58. The number of hydrogen-bond acceptors (Lipinski definition) is 5. The molecule has 0 aliphatic carbocycles. The number of hydrogen-bond donors (Lipinski definition) is 2. The van der Waals surface area contributed by atoms with E-state index < -0.39 is 24.5 Å². The van der Waals surface area contributed by atoms with Gasteiger partial charge < -0.3 is 14.5 Å².